The molecule has 1 aliphatic carbocycles. The van der Waals surface area contributed by atoms with Crippen LogP contribution in [0.2, 0.25) is 0 Å². The molecule has 0 unspecified atom stereocenters. The van der Waals surface area contributed by atoms with Gasteiger partial charge < -0.3 is 16.2 Å². The van der Waals surface area contributed by atoms with E-state index in [-0.39, 0.29) is 24.0 Å². The molecule has 0 spiro atoms. The normalized spacial score (nSPS) is 28.4. The van der Waals surface area contributed by atoms with Crippen molar-refractivity contribution in [1.82, 2.24) is 5.32 Å². The Bertz CT molecular complexity index is 297. The predicted molar refractivity (Wildman–Crippen MR) is 82.2 cm³/mol. The monoisotopic (exact) mass is 284 g/mol. The highest BCUT2D eigenvalue weighted by Gasteiger charge is 2.35. The number of aliphatic hydroxyl groups is 1. The van der Waals surface area contributed by atoms with Gasteiger partial charge in [0.2, 0.25) is 5.91 Å². The molecule has 4 heteroatoms. The number of aliphatic hydroxyl groups excluding tert-OH is 1. The molecule has 1 saturated carbocycles. The van der Waals surface area contributed by atoms with Gasteiger partial charge in [0, 0.05) is 6.42 Å². The van der Waals surface area contributed by atoms with E-state index < -0.39 is 0 Å². The molecule has 0 saturated heterocycles. The maximum absolute atomic E-state index is 12.2. The van der Waals surface area contributed by atoms with Crippen molar-refractivity contribution in [2.45, 2.75) is 64.8 Å². The molecule has 0 heterocycles. The summed E-state index contributed by atoms with van der Waals surface area (Å²) in [5.74, 6) is 1.54. The van der Waals surface area contributed by atoms with E-state index in [2.05, 4.69) is 26.1 Å². The summed E-state index contributed by atoms with van der Waals surface area (Å²) < 4.78 is 0. The highest BCUT2D eigenvalue weighted by Crippen LogP contribution is 2.31. The van der Waals surface area contributed by atoms with Crippen molar-refractivity contribution >= 4 is 5.91 Å². The van der Waals surface area contributed by atoms with Crippen molar-refractivity contribution in [3.05, 3.63) is 0 Å². The van der Waals surface area contributed by atoms with Crippen LogP contribution >= 0.6 is 0 Å². The molecule has 1 fully saturated rings. The van der Waals surface area contributed by atoms with E-state index in [0.717, 1.165) is 32.1 Å². The van der Waals surface area contributed by atoms with Gasteiger partial charge in [-0.25, -0.2) is 0 Å². The van der Waals surface area contributed by atoms with Crippen LogP contribution in [-0.2, 0) is 4.79 Å². The summed E-state index contributed by atoms with van der Waals surface area (Å²) in [6.45, 7) is 7.13. The van der Waals surface area contributed by atoms with Gasteiger partial charge in [-0.05, 0) is 56.4 Å². The third-order valence-electron chi connectivity index (χ3n) is 4.55. The minimum atomic E-state index is -0.388. The summed E-state index contributed by atoms with van der Waals surface area (Å²) in [6, 6.07) is 0. The van der Waals surface area contributed by atoms with Crippen molar-refractivity contribution < 1.29 is 9.90 Å². The molecule has 0 bridgehead atoms. The molecule has 0 radical (unpaired) electrons. The van der Waals surface area contributed by atoms with Crippen LogP contribution in [0, 0.1) is 17.8 Å². The molecule has 1 amide bonds. The van der Waals surface area contributed by atoms with Crippen LogP contribution < -0.4 is 11.1 Å². The fourth-order valence-corrected chi connectivity index (χ4v) is 3.18. The fraction of sp³-hybridized carbons (Fsp3) is 0.938. The van der Waals surface area contributed by atoms with E-state index >= 15 is 0 Å². The number of nitrogens with one attached hydrogen (secondary N) is 1. The smallest absolute Gasteiger partial charge is 0.220 e. The molecule has 0 aromatic heterocycles. The van der Waals surface area contributed by atoms with Crippen LogP contribution in [0.4, 0.5) is 0 Å². The number of amides is 1. The second-order valence-electron chi connectivity index (χ2n) is 7.10. The topological polar surface area (TPSA) is 75.4 Å². The minimum Gasteiger partial charge on any atom is -0.394 e. The fourth-order valence-electron chi connectivity index (χ4n) is 3.18. The maximum atomic E-state index is 12.2. The van der Waals surface area contributed by atoms with E-state index in [9.17, 15) is 9.90 Å². The van der Waals surface area contributed by atoms with Gasteiger partial charge in [-0.15, -0.1) is 0 Å². The number of rotatable bonds is 7. The van der Waals surface area contributed by atoms with Crippen LogP contribution in [0.25, 0.3) is 0 Å². The first-order chi connectivity index (χ1) is 9.40. The van der Waals surface area contributed by atoms with Crippen LogP contribution in [-0.4, -0.2) is 29.7 Å². The summed E-state index contributed by atoms with van der Waals surface area (Å²) in [5, 5.41) is 12.8. The molecule has 118 valence electrons. The Labute approximate surface area is 123 Å². The summed E-state index contributed by atoms with van der Waals surface area (Å²) in [4.78, 5) is 12.2. The van der Waals surface area contributed by atoms with E-state index in [1.165, 1.54) is 0 Å². The van der Waals surface area contributed by atoms with Gasteiger partial charge in [0.05, 0.1) is 12.1 Å². The Hall–Kier alpha value is -0.610. The Morgan fingerprint density at radius 1 is 1.40 bits per heavy atom. The summed E-state index contributed by atoms with van der Waals surface area (Å²) in [6.07, 6.45) is 5.38. The Kier molecular flexibility index (Phi) is 6.96. The molecule has 4 N–H and O–H groups in total. The third-order valence-corrected chi connectivity index (χ3v) is 4.55. The zero-order valence-corrected chi connectivity index (χ0v) is 13.3. The molecular weight excluding hydrogens is 252 g/mol. The summed E-state index contributed by atoms with van der Waals surface area (Å²) in [5.41, 5.74) is 5.37. The standard InChI is InChI=1S/C16H32N2O2/c1-12(2)8-14(10-17)9-15(20)18-16(11-19)6-4-13(3)5-7-16/h12-14,19H,4-11,17H2,1-3H3,(H,18,20)/t13?,14-,16?/m0/s1. The molecule has 4 nitrogen and oxygen atoms in total. The Balaban J connectivity index is 2.50. The van der Waals surface area contributed by atoms with Crippen molar-refractivity contribution in [3.8, 4) is 0 Å². The molecule has 20 heavy (non-hydrogen) atoms. The van der Waals surface area contributed by atoms with Crippen LogP contribution in [0.1, 0.15) is 59.3 Å². The van der Waals surface area contributed by atoms with Crippen molar-refractivity contribution in [1.29, 1.82) is 0 Å². The van der Waals surface area contributed by atoms with E-state index in [0.29, 0.717) is 24.8 Å². The summed E-state index contributed by atoms with van der Waals surface area (Å²) >= 11 is 0. The molecule has 0 aromatic rings. The average Bonchev–Trinajstić information content (AvgIpc) is 2.40. The first kappa shape index (κ1) is 17.4. The number of nitrogens with two attached hydrogens (primary N) is 1. The lowest BCUT2D eigenvalue weighted by atomic mass is 9.77. The zero-order chi connectivity index (χ0) is 15.2. The Morgan fingerprint density at radius 2 is 2.00 bits per heavy atom. The van der Waals surface area contributed by atoms with Gasteiger partial charge in [0.25, 0.3) is 0 Å². The Morgan fingerprint density at radius 3 is 2.45 bits per heavy atom. The number of hydrogen-bond acceptors (Lipinski definition) is 3. The zero-order valence-electron chi connectivity index (χ0n) is 13.3. The van der Waals surface area contributed by atoms with Gasteiger partial charge >= 0.3 is 0 Å². The third kappa shape index (κ3) is 5.41. The molecule has 0 aliphatic heterocycles. The van der Waals surface area contributed by atoms with Gasteiger partial charge in [-0.3, -0.25) is 4.79 Å². The SMILES string of the molecule is CC(C)C[C@H](CN)CC(=O)NC1(CO)CCC(C)CC1. The second-order valence-corrected chi connectivity index (χ2v) is 7.10. The predicted octanol–water partition coefficient (Wildman–Crippen LogP) is 2.05. The average molecular weight is 284 g/mol. The lowest BCUT2D eigenvalue weighted by Crippen LogP contribution is -2.53. The lowest BCUT2D eigenvalue weighted by Gasteiger charge is -2.39. The summed E-state index contributed by atoms with van der Waals surface area (Å²) in [7, 11) is 0. The van der Waals surface area contributed by atoms with Crippen LogP contribution in [0.15, 0.2) is 0 Å². The maximum Gasteiger partial charge on any atom is 0.220 e. The number of carbonyl (C=O) groups is 1. The highest BCUT2D eigenvalue weighted by atomic mass is 16.3. The van der Waals surface area contributed by atoms with Gasteiger partial charge in [0.15, 0.2) is 0 Å². The van der Waals surface area contributed by atoms with Gasteiger partial charge in [-0.1, -0.05) is 20.8 Å². The largest absolute Gasteiger partial charge is 0.394 e. The van der Waals surface area contributed by atoms with Crippen LogP contribution in [0.5, 0.6) is 0 Å². The van der Waals surface area contributed by atoms with E-state index in [1.54, 1.807) is 0 Å². The first-order valence-corrected chi connectivity index (χ1v) is 8.02. The number of hydrogen-bond donors (Lipinski definition) is 3. The minimum absolute atomic E-state index is 0.0446. The molecule has 1 rings (SSSR count). The molecular formula is C16H32N2O2. The van der Waals surface area contributed by atoms with Gasteiger partial charge in [-0.2, -0.15) is 0 Å². The molecule has 0 aromatic carbocycles. The number of carbonyl (C=O) groups excluding carboxylic acids is 1. The van der Waals surface area contributed by atoms with Crippen molar-refractivity contribution in [2.24, 2.45) is 23.5 Å². The van der Waals surface area contributed by atoms with E-state index in [4.69, 9.17) is 5.73 Å². The van der Waals surface area contributed by atoms with Gasteiger partial charge in [0.1, 0.15) is 0 Å². The first-order valence-electron chi connectivity index (χ1n) is 8.02. The quantitative estimate of drug-likeness (QED) is 0.670. The van der Waals surface area contributed by atoms with Crippen molar-refractivity contribution in [3.63, 3.8) is 0 Å². The highest BCUT2D eigenvalue weighted by molar-refractivity contribution is 5.77. The van der Waals surface area contributed by atoms with Crippen LogP contribution in [0.3, 0.4) is 0 Å². The van der Waals surface area contributed by atoms with Crippen molar-refractivity contribution in [2.75, 3.05) is 13.2 Å². The lowest BCUT2D eigenvalue weighted by molar-refractivity contribution is -0.125. The molecule has 1 atom stereocenters. The van der Waals surface area contributed by atoms with E-state index in [1.807, 2.05) is 0 Å². The second kappa shape index (κ2) is 7.99. The molecule has 1 aliphatic rings.